The van der Waals surface area contributed by atoms with Crippen molar-refractivity contribution in [2.75, 3.05) is 5.32 Å². The lowest BCUT2D eigenvalue weighted by Gasteiger charge is -2.11. The van der Waals surface area contributed by atoms with E-state index in [0.717, 1.165) is 38.5 Å². The van der Waals surface area contributed by atoms with Gasteiger partial charge in [-0.2, -0.15) is 5.10 Å². The molecule has 190 valence electrons. The highest BCUT2D eigenvalue weighted by Crippen LogP contribution is 2.31. The average Bonchev–Trinajstić information content (AvgIpc) is 3.45. The van der Waals surface area contributed by atoms with E-state index in [4.69, 9.17) is 28.9 Å². The molecule has 0 aliphatic carbocycles. The summed E-state index contributed by atoms with van der Waals surface area (Å²) in [7, 11) is 0. The highest BCUT2D eigenvalue weighted by atomic mass is 79.9. The molecule has 0 bridgehead atoms. The Morgan fingerprint density at radius 1 is 0.921 bits per heavy atom. The molecular weight excluding hydrogens is 582 g/mol. The number of hydrogen-bond donors (Lipinski definition) is 2. The van der Waals surface area contributed by atoms with Crippen LogP contribution in [0.15, 0.2) is 95.5 Å². The van der Waals surface area contributed by atoms with Crippen LogP contribution in [0.4, 0.5) is 5.82 Å². The van der Waals surface area contributed by atoms with E-state index in [1.807, 2.05) is 48.5 Å². The molecule has 9 heteroatoms. The van der Waals surface area contributed by atoms with Gasteiger partial charge in [-0.1, -0.05) is 45.7 Å². The molecule has 1 amide bonds. The number of carbonyl (C=O) groups excluding carboxylic acids is 1. The summed E-state index contributed by atoms with van der Waals surface area (Å²) in [6, 6.07) is 28.6. The van der Waals surface area contributed by atoms with Crippen LogP contribution in [0.2, 0.25) is 5.02 Å². The van der Waals surface area contributed by atoms with Crippen molar-refractivity contribution in [1.29, 1.82) is 0 Å². The zero-order chi connectivity index (χ0) is 26.8. The Balaban J connectivity index is 1.48. The van der Waals surface area contributed by atoms with Crippen LogP contribution < -0.4 is 10.6 Å². The molecule has 2 aromatic heterocycles. The van der Waals surface area contributed by atoms with Gasteiger partial charge in [0, 0.05) is 43.8 Å². The number of aryl methyl sites for hydroxylation is 1. The summed E-state index contributed by atoms with van der Waals surface area (Å²) in [5.41, 5.74) is 6.31. The van der Waals surface area contributed by atoms with E-state index in [1.165, 1.54) is 0 Å². The smallest absolute Gasteiger partial charge is 0.257 e. The minimum absolute atomic E-state index is 0.161. The van der Waals surface area contributed by atoms with Crippen molar-refractivity contribution in [3.05, 3.63) is 117 Å². The maximum atomic E-state index is 12.7. The Hall–Kier alpha value is -3.72. The molecule has 0 saturated carbocycles. The number of halogens is 2. The Morgan fingerprint density at radius 2 is 1.61 bits per heavy atom. The average molecular weight is 605 g/mol. The summed E-state index contributed by atoms with van der Waals surface area (Å²) in [5.74, 6) is 0.296. The van der Waals surface area contributed by atoms with Gasteiger partial charge in [-0.05, 0) is 92.8 Å². The van der Waals surface area contributed by atoms with Gasteiger partial charge in [0.05, 0.1) is 11.4 Å². The number of benzene rings is 3. The molecule has 0 spiro atoms. The summed E-state index contributed by atoms with van der Waals surface area (Å²) in [6.07, 6.45) is 0. The van der Waals surface area contributed by atoms with Gasteiger partial charge in [-0.25, -0.2) is 4.68 Å². The number of aromatic nitrogens is 3. The number of carbonyl (C=O) groups is 1. The molecule has 6 nitrogen and oxygen atoms in total. The second-order valence-corrected chi connectivity index (χ2v) is 10.4. The van der Waals surface area contributed by atoms with Gasteiger partial charge in [-0.3, -0.25) is 10.1 Å². The molecule has 3 aromatic carbocycles. The molecule has 0 saturated heterocycles. The van der Waals surface area contributed by atoms with E-state index in [0.29, 0.717) is 16.4 Å². The highest BCUT2D eigenvalue weighted by molar-refractivity contribution is 9.10. The van der Waals surface area contributed by atoms with Gasteiger partial charge >= 0.3 is 0 Å². The Morgan fingerprint density at radius 3 is 2.29 bits per heavy atom. The molecule has 0 aliphatic rings. The van der Waals surface area contributed by atoms with Crippen molar-refractivity contribution in [2.45, 2.75) is 13.8 Å². The second-order valence-electron chi connectivity index (χ2n) is 8.67. The lowest BCUT2D eigenvalue weighted by atomic mass is 10.2. The van der Waals surface area contributed by atoms with Crippen molar-refractivity contribution >= 4 is 56.6 Å². The van der Waals surface area contributed by atoms with Gasteiger partial charge in [-0.15, -0.1) is 0 Å². The number of nitrogens with one attached hydrogen (secondary N) is 2. The summed E-state index contributed by atoms with van der Waals surface area (Å²) >= 11 is 14.9. The number of amides is 1. The van der Waals surface area contributed by atoms with Crippen molar-refractivity contribution in [1.82, 2.24) is 19.7 Å². The molecule has 0 aliphatic heterocycles. The maximum Gasteiger partial charge on any atom is 0.257 e. The van der Waals surface area contributed by atoms with Crippen LogP contribution >= 0.6 is 39.7 Å². The number of nitrogens with zero attached hydrogens (tertiary/aromatic N) is 3. The molecule has 0 radical (unpaired) electrons. The molecule has 38 heavy (non-hydrogen) atoms. The van der Waals surface area contributed by atoms with Crippen LogP contribution in [0.5, 0.6) is 0 Å². The quantitative estimate of drug-likeness (QED) is 0.204. The van der Waals surface area contributed by atoms with Gasteiger partial charge in [0.2, 0.25) is 0 Å². The molecule has 2 heterocycles. The Labute approximate surface area is 239 Å². The van der Waals surface area contributed by atoms with Crippen LogP contribution in [0, 0.1) is 13.8 Å². The normalized spacial score (nSPS) is 10.8. The second kappa shape index (κ2) is 10.9. The standard InChI is InChI=1S/C29H23BrClN5OS/c1-18-16-25(19(2)35(18)23-14-10-21(30)11-15-23)26-17-27(36(34-26)24-6-4-3-5-7-24)32-29(38)33-28(37)20-8-12-22(31)13-9-20/h3-17H,1-2H3,(H2,32,33,37,38). The van der Waals surface area contributed by atoms with Gasteiger partial charge in [0.15, 0.2) is 5.11 Å². The number of hydrogen-bond acceptors (Lipinski definition) is 3. The molecule has 0 fully saturated rings. The lowest BCUT2D eigenvalue weighted by molar-refractivity contribution is 0.0977. The molecule has 0 atom stereocenters. The first kappa shape index (κ1) is 25.9. The van der Waals surface area contributed by atoms with E-state index in [-0.39, 0.29) is 11.0 Å². The fraction of sp³-hybridized carbons (Fsp3) is 0.0690. The van der Waals surface area contributed by atoms with Gasteiger partial charge in [0.1, 0.15) is 5.82 Å². The topological polar surface area (TPSA) is 63.9 Å². The summed E-state index contributed by atoms with van der Waals surface area (Å²) in [6.45, 7) is 4.16. The van der Waals surface area contributed by atoms with Crippen molar-refractivity contribution < 1.29 is 4.79 Å². The van der Waals surface area contributed by atoms with E-state index < -0.39 is 0 Å². The van der Waals surface area contributed by atoms with Crippen LogP contribution in [0.25, 0.3) is 22.6 Å². The fourth-order valence-corrected chi connectivity index (χ4v) is 4.89. The predicted molar refractivity (Wildman–Crippen MR) is 161 cm³/mol. The monoisotopic (exact) mass is 603 g/mol. The number of anilines is 1. The maximum absolute atomic E-state index is 12.7. The van der Waals surface area contributed by atoms with E-state index in [9.17, 15) is 4.79 Å². The van der Waals surface area contributed by atoms with Crippen LogP contribution in [-0.2, 0) is 0 Å². The third-order valence-corrected chi connectivity index (χ3v) is 7.06. The van der Waals surface area contributed by atoms with Crippen molar-refractivity contribution in [3.63, 3.8) is 0 Å². The third kappa shape index (κ3) is 5.43. The Kier molecular flexibility index (Phi) is 7.46. The molecule has 0 unspecified atom stereocenters. The number of rotatable bonds is 5. The van der Waals surface area contributed by atoms with Crippen molar-refractivity contribution in [2.24, 2.45) is 0 Å². The van der Waals surface area contributed by atoms with Crippen molar-refractivity contribution in [3.8, 4) is 22.6 Å². The van der Waals surface area contributed by atoms with E-state index in [1.54, 1.807) is 28.9 Å². The van der Waals surface area contributed by atoms with E-state index in [2.05, 4.69) is 63.2 Å². The fourth-order valence-electron chi connectivity index (χ4n) is 4.30. The predicted octanol–water partition coefficient (Wildman–Crippen LogP) is 7.49. The molecule has 5 rings (SSSR count). The third-order valence-electron chi connectivity index (χ3n) is 6.08. The number of para-hydroxylation sites is 1. The highest BCUT2D eigenvalue weighted by Gasteiger charge is 2.19. The van der Waals surface area contributed by atoms with E-state index >= 15 is 0 Å². The van der Waals surface area contributed by atoms with Crippen LogP contribution in [0.3, 0.4) is 0 Å². The first-order valence-corrected chi connectivity index (χ1v) is 13.4. The zero-order valence-corrected chi connectivity index (χ0v) is 23.7. The minimum Gasteiger partial charge on any atom is -0.318 e. The Bertz CT molecular complexity index is 1630. The molecular formula is C29H23BrClN5OS. The number of thiocarbonyl (C=S) groups is 1. The molecule has 5 aromatic rings. The largest absolute Gasteiger partial charge is 0.318 e. The van der Waals surface area contributed by atoms with Crippen LogP contribution in [-0.4, -0.2) is 25.4 Å². The van der Waals surface area contributed by atoms with Gasteiger partial charge < -0.3 is 9.88 Å². The van der Waals surface area contributed by atoms with Crippen LogP contribution in [0.1, 0.15) is 21.7 Å². The van der Waals surface area contributed by atoms with Gasteiger partial charge in [0.25, 0.3) is 5.91 Å². The SMILES string of the molecule is Cc1cc(-c2cc(NC(=S)NC(=O)c3ccc(Cl)cc3)n(-c3ccccc3)n2)c(C)n1-c1ccc(Br)cc1. The summed E-state index contributed by atoms with van der Waals surface area (Å²) in [4.78, 5) is 12.7. The summed E-state index contributed by atoms with van der Waals surface area (Å²) < 4.78 is 5.01. The first-order chi connectivity index (χ1) is 18.3. The zero-order valence-electron chi connectivity index (χ0n) is 20.6. The molecule has 2 N–H and O–H groups in total. The first-order valence-electron chi connectivity index (χ1n) is 11.8. The summed E-state index contributed by atoms with van der Waals surface area (Å²) in [5, 5.41) is 11.5. The lowest BCUT2D eigenvalue weighted by Crippen LogP contribution is -2.34. The minimum atomic E-state index is -0.330.